The Morgan fingerprint density at radius 1 is 0.970 bits per heavy atom. The van der Waals surface area contributed by atoms with Gasteiger partial charge in [-0.25, -0.2) is 13.4 Å². The van der Waals surface area contributed by atoms with Gasteiger partial charge in [0.1, 0.15) is 18.2 Å². The summed E-state index contributed by atoms with van der Waals surface area (Å²) >= 11 is 0. The van der Waals surface area contributed by atoms with Gasteiger partial charge in [-0.3, -0.25) is 4.72 Å². The number of aryl methyl sites for hydroxylation is 3. The average molecular weight is 465 g/mol. The Balaban J connectivity index is 1.55. The second-order valence-corrected chi connectivity index (χ2v) is 9.35. The van der Waals surface area contributed by atoms with Gasteiger partial charge in [0.15, 0.2) is 5.82 Å². The van der Waals surface area contributed by atoms with E-state index < -0.39 is 10.0 Å². The lowest BCUT2D eigenvalue weighted by Gasteiger charge is -2.12. The standard InChI is InChI=1S/C24H24N4O4S/c1-15-13-23(26-18(4)25-15)31-14-19-9-11-20(12-10-19)21-7-5-6-8-22(21)33(29,30)28-24-16(2)17(3)32-27-24/h5-13H,14H2,1-4H3,(H,27,28). The maximum atomic E-state index is 13.1. The number of sulfonamides is 1. The van der Waals surface area contributed by atoms with E-state index >= 15 is 0 Å². The minimum atomic E-state index is -3.88. The SMILES string of the molecule is Cc1cc(OCc2ccc(-c3ccccc3S(=O)(=O)Nc3noc(C)c3C)cc2)nc(C)n1. The van der Waals surface area contributed by atoms with Crippen LogP contribution in [0.1, 0.15) is 28.4 Å². The van der Waals surface area contributed by atoms with Crippen LogP contribution in [0.25, 0.3) is 11.1 Å². The molecule has 0 fully saturated rings. The fraction of sp³-hybridized carbons (Fsp3) is 0.208. The van der Waals surface area contributed by atoms with Crippen molar-refractivity contribution in [1.29, 1.82) is 0 Å². The lowest BCUT2D eigenvalue weighted by Crippen LogP contribution is -2.15. The van der Waals surface area contributed by atoms with Crippen molar-refractivity contribution in [2.45, 2.75) is 39.2 Å². The molecule has 2 aromatic carbocycles. The molecule has 0 bridgehead atoms. The Morgan fingerprint density at radius 3 is 2.36 bits per heavy atom. The van der Waals surface area contributed by atoms with Crippen LogP contribution in [-0.2, 0) is 16.6 Å². The summed E-state index contributed by atoms with van der Waals surface area (Å²) < 4.78 is 39.6. The maximum Gasteiger partial charge on any atom is 0.263 e. The number of nitrogens with zero attached hydrogens (tertiary/aromatic N) is 3. The van der Waals surface area contributed by atoms with Gasteiger partial charge in [0.2, 0.25) is 5.88 Å². The van der Waals surface area contributed by atoms with Crippen LogP contribution in [-0.4, -0.2) is 23.5 Å². The molecule has 0 spiro atoms. The summed E-state index contributed by atoms with van der Waals surface area (Å²) in [5.74, 6) is 1.92. The first-order chi connectivity index (χ1) is 15.7. The molecule has 2 aromatic heterocycles. The molecule has 0 atom stereocenters. The van der Waals surface area contributed by atoms with Crippen LogP contribution < -0.4 is 9.46 Å². The van der Waals surface area contributed by atoms with Crippen LogP contribution in [0.2, 0.25) is 0 Å². The van der Waals surface area contributed by atoms with Crippen molar-refractivity contribution in [3.05, 3.63) is 83.0 Å². The molecule has 2 heterocycles. The zero-order valence-corrected chi connectivity index (χ0v) is 19.6. The van der Waals surface area contributed by atoms with Crippen molar-refractivity contribution in [2.24, 2.45) is 0 Å². The van der Waals surface area contributed by atoms with E-state index in [1.54, 1.807) is 44.2 Å². The maximum absolute atomic E-state index is 13.1. The first-order valence-electron chi connectivity index (χ1n) is 10.3. The number of anilines is 1. The Morgan fingerprint density at radius 2 is 1.70 bits per heavy atom. The molecular weight excluding hydrogens is 440 g/mol. The number of rotatable bonds is 7. The molecule has 4 rings (SSSR count). The van der Waals surface area contributed by atoms with Gasteiger partial charge in [-0.2, -0.15) is 4.98 Å². The van der Waals surface area contributed by atoms with Gasteiger partial charge in [0.25, 0.3) is 10.0 Å². The molecule has 9 heteroatoms. The number of aromatic nitrogens is 3. The highest BCUT2D eigenvalue weighted by molar-refractivity contribution is 7.92. The van der Waals surface area contributed by atoms with Gasteiger partial charge >= 0.3 is 0 Å². The predicted molar refractivity (Wildman–Crippen MR) is 125 cm³/mol. The Hall–Kier alpha value is -3.72. The molecule has 0 saturated carbocycles. The van der Waals surface area contributed by atoms with Gasteiger partial charge in [-0.15, -0.1) is 0 Å². The quantitative estimate of drug-likeness (QED) is 0.421. The molecule has 0 aliphatic rings. The van der Waals surface area contributed by atoms with Crippen LogP contribution in [0, 0.1) is 27.7 Å². The molecule has 0 saturated heterocycles. The molecular formula is C24H24N4O4S. The molecule has 0 unspecified atom stereocenters. The van der Waals surface area contributed by atoms with Crippen LogP contribution in [0.3, 0.4) is 0 Å². The van der Waals surface area contributed by atoms with Crippen molar-refractivity contribution in [1.82, 2.24) is 15.1 Å². The Kier molecular flexibility index (Phi) is 6.15. The van der Waals surface area contributed by atoms with E-state index in [-0.39, 0.29) is 10.7 Å². The molecule has 33 heavy (non-hydrogen) atoms. The summed E-state index contributed by atoms with van der Waals surface area (Å²) in [6, 6.07) is 16.2. The summed E-state index contributed by atoms with van der Waals surface area (Å²) in [5.41, 5.74) is 3.77. The monoisotopic (exact) mass is 464 g/mol. The van der Waals surface area contributed by atoms with Gasteiger partial charge in [-0.1, -0.05) is 47.6 Å². The third-order valence-corrected chi connectivity index (χ3v) is 6.56. The lowest BCUT2D eigenvalue weighted by molar-refractivity contribution is 0.292. The molecule has 0 aliphatic carbocycles. The lowest BCUT2D eigenvalue weighted by atomic mass is 10.0. The summed E-state index contributed by atoms with van der Waals surface area (Å²) in [4.78, 5) is 8.67. The fourth-order valence-corrected chi connectivity index (χ4v) is 4.62. The van der Waals surface area contributed by atoms with Crippen LogP contribution in [0.15, 0.2) is 64.0 Å². The fourth-order valence-electron chi connectivity index (χ4n) is 3.33. The van der Waals surface area contributed by atoms with Crippen molar-refractivity contribution < 1.29 is 17.7 Å². The van der Waals surface area contributed by atoms with Crippen molar-refractivity contribution in [2.75, 3.05) is 4.72 Å². The van der Waals surface area contributed by atoms with Crippen molar-refractivity contribution in [3.8, 4) is 17.0 Å². The Bertz CT molecular complexity index is 1380. The van der Waals surface area contributed by atoms with Crippen LogP contribution in [0.5, 0.6) is 5.88 Å². The zero-order valence-electron chi connectivity index (χ0n) is 18.8. The van der Waals surface area contributed by atoms with Crippen LogP contribution >= 0.6 is 0 Å². The van der Waals surface area contributed by atoms with Crippen LogP contribution in [0.4, 0.5) is 5.82 Å². The summed E-state index contributed by atoms with van der Waals surface area (Å²) in [6.07, 6.45) is 0. The second-order valence-electron chi connectivity index (χ2n) is 7.69. The zero-order chi connectivity index (χ0) is 23.6. The smallest absolute Gasteiger partial charge is 0.263 e. The van der Waals surface area contributed by atoms with Gasteiger partial charge < -0.3 is 9.26 Å². The van der Waals surface area contributed by atoms with E-state index in [1.807, 2.05) is 38.1 Å². The van der Waals surface area contributed by atoms with E-state index in [2.05, 4.69) is 19.8 Å². The van der Waals surface area contributed by atoms with E-state index in [0.29, 0.717) is 35.2 Å². The number of nitrogens with one attached hydrogen (secondary N) is 1. The highest BCUT2D eigenvalue weighted by atomic mass is 32.2. The molecule has 0 amide bonds. The van der Waals surface area contributed by atoms with Crippen molar-refractivity contribution in [3.63, 3.8) is 0 Å². The van der Waals surface area contributed by atoms with E-state index in [4.69, 9.17) is 9.26 Å². The largest absolute Gasteiger partial charge is 0.473 e. The first-order valence-corrected chi connectivity index (χ1v) is 11.8. The summed E-state index contributed by atoms with van der Waals surface area (Å²) in [7, 11) is -3.88. The molecule has 170 valence electrons. The predicted octanol–water partition coefficient (Wildman–Crippen LogP) is 4.75. The number of ether oxygens (including phenoxy) is 1. The number of benzene rings is 2. The van der Waals surface area contributed by atoms with Gasteiger partial charge in [-0.05, 0) is 44.9 Å². The minimum Gasteiger partial charge on any atom is -0.473 e. The highest BCUT2D eigenvalue weighted by Gasteiger charge is 2.22. The average Bonchev–Trinajstić information content (AvgIpc) is 3.09. The van der Waals surface area contributed by atoms with E-state index in [9.17, 15) is 8.42 Å². The minimum absolute atomic E-state index is 0.154. The topological polar surface area (TPSA) is 107 Å². The third kappa shape index (κ3) is 5.04. The van der Waals surface area contributed by atoms with E-state index in [0.717, 1.165) is 16.8 Å². The summed E-state index contributed by atoms with van der Waals surface area (Å²) in [6.45, 7) is 7.53. The molecule has 4 aromatic rings. The molecule has 1 N–H and O–H groups in total. The third-order valence-electron chi connectivity index (χ3n) is 5.16. The van der Waals surface area contributed by atoms with Gasteiger partial charge in [0, 0.05) is 22.9 Å². The number of hydrogen-bond acceptors (Lipinski definition) is 7. The molecule has 0 radical (unpaired) electrons. The number of hydrogen-bond donors (Lipinski definition) is 1. The van der Waals surface area contributed by atoms with Gasteiger partial charge in [0.05, 0.1) is 4.90 Å². The molecule has 0 aliphatic heterocycles. The highest BCUT2D eigenvalue weighted by Crippen LogP contribution is 2.30. The van der Waals surface area contributed by atoms with Crippen molar-refractivity contribution >= 4 is 15.8 Å². The summed E-state index contributed by atoms with van der Waals surface area (Å²) in [5, 5.41) is 3.81. The second kappa shape index (κ2) is 9.03. The molecule has 8 nitrogen and oxygen atoms in total. The first kappa shape index (κ1) is 22.5. The normalized spacial score (nSPS) is 11.4. The van der Waals surface area contributed by atoms with E-state index in [1.165, 1.54) is 0 Å². The Labute approximate surface area is 192 Å².